The van der Waals surface area contributed by atoms with Crippen molar-refractivity contribution >= 4 is 43.3 Å². The first-order valence-corrected chi connectivity index (χ1v) is 14.8. The van der Waals surface area contributed by atoms with Crippen LogP contribution in [0.15, 0.2) is 65.1 Å². The highest BCUT2D eigenvalue weighted by Crippen LogP contribution is 2.42. The van der Waals surface area contributed by atoms with Gasteiger partial charge in [-0.1, -0.05) is 65.0 Å². The molecule has 6 aromatic rings. The molecule has 0 aliphatic heterocycles. The van der Waals surface area contributed by atoms with Gasteiger partial charge in [0.15, 0.2) is 0 Å². The van der Waals surface area contributed by atoms with E-state index in [4.69, 9.17) is 9.40 Å². The van der Waals surface area contributed by atoms with Gasteiger partial charge >= 0.3 is 0 Å². The molecule has 3 heterocycles. The van der Waals surface area contributed by atoms with E-state index in [9.17, 15) is 0 Å². The third-order valence-corrected chi connectivity index (χ3v) is 9.12. The van der Waals surface area contributed by atoms with Gasteiger partial charge in [-0.25, -0.2) is 4.98 Å². The Morgan fingerprint density at radius 1 is 0.872 bits per heavy atom. The zero-order chi connectivity index (χ0) is 27.6. The zero-order valence-corrected chi connectivity index (χ0v) is 25.1. The highest BCUT2D eigenvalue weighted by Gasteiger charge is 2.21. The van der Waals surface area contributed by atoms with Crippen molar-refractivity contribution < 1.29 is 4.42 Å². The Morgan fingerprint density at radius 2 is 1.64 bits per heavy atom. The maximum Gasteiger partial charge on any atom is 0.134 e. The van der Waals surface area contributed by atoms with Crippen molar-refractivity contribution in [2.24, 2.45) is 5.92 Å². The summed E-state index contributed by atoms with van der Waals surface area (Å²) in [5, 5.41) is 5.07. The van der Waals surface area contributed by atoms with Gasteiger partial charge in [0.2, 0.25) is 0 Å². The van der Waals surface area contributed by atoms with E-state index in [-0.39, 0.29) is 5.41 Å². The molecule has 0 aliphatic carbocycles. The molecule has 0 fully saturated rings. The number of aromatic nitrogens is 1. The minimum Gasteiger partial charge on any atom is -0.461 e. The molecule has 0 radical (unpaired) electrons. The number of aryl methyl sites for hydroxylation is 3. The number of fused-ring (bicyclic) bond motifs is 3. The Hall–Kier alpha value is -3.43. The van der Waals surface area contributed by atoms with Crippen molar-refractivity contribution in [1.82, 2.24) is 4.98 Å². The first kappa shape index (κ1) is 25.8. The van der Waals surface area contributed by atoms with Crippen molar-refractivity contribution in [2.75, 3.05) is 0 Å². The van der Waals surface area contributed by atoms with Gasteiger partial charge in [-0.2, -0.15) is 0 Å². The fraction of sp³-hybridized carbons (Fsp3) is 0.306. The van der Waals surface area contributed by atoms with Gasteiger partial charge in [-0.3, -0.25) is 0 Å². The minimum atomic E-state index is 0.0235. The molecule has 0 bridgehead atoms. The highest BCUT2D eigenvalue weighted by atomic mass is 32.1. The number of nitrogens with zero attached hydrogens (tertiary/aromatic N) is 1. The van der Waals surface area contributed by atoms with E-state index in [0.29, 0.717) is 5.92 Å². The number of pyridine rings is 1. The van der Waals surface area contributed by atoms with Crippen molar-refractivity contribution in [3.05, 3.63) is 88.0 Å². The summed E-state index contributed by atoms with van der Waals surface area (Å²) in [5.74, 6) is 1.60. The number of hydrogen-bond donors (Lipinski definition) is 0. The van der Waals surface area contributed by atoms with E-state index in [1.807, 2.05) is 0 Å². The second-order valence-electron chi connectivity index (χ2n) is 12.5. The Kier molecular flexibility index (Phi) is 6.19. The first-order valence-electron chi connectivity index (χ1n) is 14.0. The van der Waals surface area contributed by atoms with Crippen LogP contribution in [0.25, 0.3) is 54.3 Å². The molecule has 0 unspecified atom stereocenters. The Bertz CT molecular complexity index is 1880. The van der Waals surface area contributed by atoms with Gasteiger partial charge in [0.25, 0.3) is 0 Å². The van der Waals surface area contributed by atoms with E-state index in [0.717, 1.165) is 28.3 Å². The second-order valence-corrected chi connectivity index (χ2v) is 13.7. The molecule has 0 amide bonds. The molecule has 198 valence electrons. The molecule has 0 saturated heterocycles. The van der Waals surface area contributed by atoms with Crippen LogP contribution < -0.4 is 0 Å². The van der Waals surface area contributed by atoms with Gasteiger partial charge in [0.05, 0.1) is 5.69 Å². The summed E-state index contributed by atoms with van der Waals surface area (Å²) < 4.78 is 6.17. The van der Waals surface area contributed by atoms with Crippen LogP contribution in [0, 0.1) is 26.7 Å². The molecule has 2 nitrogen and oxygen atoms in total. The van der Waals surface area contributed by atoms with Crippen LogP contribution in [0.2, 0.25) is 0 Å². The summed E-state index contributed by atoms with van der Waals surface area (Å²) in [6, 6.07) is 22.4. The van der Waals surface area contributed by atoms with Gasteiger partial charge in [0, 0.05) is 26.8 Å². The van der Waals surface area contributed by atoms with Crippen LogP contribution in [0.4, 0.5) is 0 Å². The standard InChI is InChI=1S/C36H37NOS/c1-20(2)15-28-22(4)38-33-14-13-25(17-30(28)33)29-19-32(37-35-34(29)21(3)23(5)39-35)26-16-24-11-9-10-12-27(24)31(18-26)36(6,7)8/h9-14,16-20H,15H2,1-8H3. The normalized spacial score (nSPS) is 12.4. The van der Waals surface area contributed by atoms with E-state index >= 15 is 0 Å². The second kappa shape index (κ2) is 9.34. The lowest BCUT2D eigenvalue weighted by atomic mass is 9.82. The van der Waals surface area contributed by atoms with Crippen molar-refractivity contribution in [2.45, 2.75) is 67.2 Å². The summed E-state index contributed by atoms with van der Waals surface area (Å²) in [6.45, 7) is 18.0. The number of furan rings is 1. The van der Waals surface area contributed by atoms with E-state index in [2.05, 4.69) is 116 Å². The Morgan fingerprint density at radius 3 is 2.38 bits per heavy atom. The lowest BCUT2D eigenvalue weighted by Gasteiger charge is -2.23. The first-order chi connectivity index (χ1) is 18.5. The van der Waals surface area contributed by atoms with Gasteiger partial charge in [0.1, 0.15) is 16.2 Å². The number of hydrogen-bond acceptors (Lipinski definition) is 3. The quantitative estimate of drug-likeness (QED) is 0.226. The number of thiophene rings is 1. The summed E-state index contributed by atoms with van der Waals surface area (Å²) in [7, 11) is 0. The average molecular weight is 532 g/mol. The van der Waals surface area contributed by atoms with Crippen LogP contribution in [-0.4, -0.2) is 4.98 Å². The fourth-order valence-corrected chi connectivity index (χ4v) is 6.96. The molecule has 6 rings (SSSR count). The largest absolute Gasteiger partial charge is 0.461 e. The molecule has 39 heavy (non-hydrogen) atoms. The van der Waals surface area contributed by atoms with E-state index < -0.39 is 0 Å². The molecule has 3 heteroatoms. The molecule has 0 N–H and O–H groups in total. The summed E-state index contributed by atoms with van der Waals surface area (Å²) >= 11 is 1.80. The average Bonchev–Trinajstić information content (AvgIpc) is 3.35. The van der Waals surface area contributed by atoms with Crippen LogP contribution in [-0.2, 0) is 11.8 Å². The number of benzene rings is 3. The zero-order valence-electron chi connectivity index (χ0n) is 24.3. The SMILES string of the molecule is Cc1oc2ccc(-c3cc(-c4cc(C(C)(C)C)c5ccccc5c4)nc4sc(C)c(C)c34)cc2c1CC(C)C. The smallest absolute Gasteiger partial charge is 0.134 e. The van der Waals surface area contributed by atoms with Gasteiger partial charge in [-0.15, -0.1) is 11.3 Å². The predicted molar refractivity (Wildman–Crippen MR) is 169 cm³/mol. The Balaban J connectivity index is 1.63. The monoisotopic (exact) mass is 531 g/mol. The van der Waals surface area contributed by atoms with Crippen LogP contribution in [0.1, 0.15) is 61.9 Å². The molecule has 0 spiro atoms. The lowest BCUT2D eigenvalue weighted by Crippen LogP contribution is -2.12. The van der Waals surface area contributed by atoms with Crippen molar-refractivity contribution in [3.8, 4) is 22.4 Å². The molecule has 3 aromatic heterocycles. The molecular formula is C36H37NOS. The fourth-order valence-electron chi connectivity index (χ4n) is 5.91. The minimum absolute atomic E-state index is 0.0235. The van der Waals surface area contributed by atoms with Crippen LogP contribution >= 0.6 is 11.3 Å². The molecule has 0 aliphatic rings. The summed E-state index contributed by atoms with van der Waals surface area (Å²) in [6.07, 6.45) is 1.02. The molecule has 0 atom stereocenters. The Labute approximate surface area is 235 Å². The molecule has 0 saturated carbocycles. The molecule has 3 aromatic carbocycles. The van der Waals surface area contributed by atoms with Crippen LogP contribution in [0.5, 0.6) is 0 Å². The summed E-state index contributed by atoms with van der Waals surface area (Å²) in [4.78, 5) is 7.70. The highest BCUT2D eigenvalue weighted by molar-refractivity contribution is 7.18. The predicted octanol–water partition coefficient (Wildman–Crippen LogP) is 11.0. The third kappa shape index (κ3) is 4.47. The van der Waals surface area contributed by atoms with Crippen LogP contribution in [0.3, 0.4) is 0 Å². The molecular weight excluding hydrogens is 494 g/mol. The topological polar surface area (TPSA) is 26.0 Å². The summed E-state index contributed by atoms with van der Waals surface area (Å²) in [5.41, 5.74) is 9.67. The van der Waals surface area contributed by atoms with Gasteiger partial charge in [-0.05, 0) is 102 Å². The van der Waals surface area contributed by atoms with E-state index in [1.165, 1.54) is 59.8 Å². The van der Waals surface area contributed by atoms with E-state index in [1.54, 1.807) is 11.3 Å². The van der Waals surface area contributed by atoms with Crippen molar-refractivity contribution in [3.63, 3.8) is 0 Å². The number of rotatable bonds is 4. The third-order valence-electron chi connectivity index (χ3n) is 8.02. The lowest BCUT2D eigenvalue weighted by molar-refractivity contribution is 0.560. The van der Waals surface area contributed by atoms with Gasteiger partial charge < -0.3 is 4.42 Å². The maximum absolute atomic E-state index is 6.17. The maximum atomic E-state index is 6.17. The van der Waals surface area contributed by atoms with Crippen molar-refractivity contribution in [1.29, 1.82) is 0 Å².